The molecule has 4 nitrogen and oxygen atoms in total. The van der Waals surface area contributed by atoms with Crippen LogP contribution in [0, 0.1) is 24.6 Å². The van der Waals surface area contributed by atoms with E-state index in [-0.39, 0.29) is 30.2 Å². The van der Waals surface area contributed by atoms with Crippen molar-refractivity contribution in [1.29, 1.82) is 0 Å². The van der Waals surface area contributed by atoms with Crippen LogP contribution in [0.5, 0.6) is 0 Å². The number of thiazole rings is 1. The van der Waals surface area contributed by atoms with Gasteiger partial charge in [-0.25, -0.2) is 9.37 Å². The monoisotopic (exact) mass is 356 g/mol. The van der Waals surface area contributed by atoms with Gasteiger partial charge in [0.1, 0.15) is 5.82 Å². The molecule has 4 rings (SSSR count). The molecule has 1 fully saturated rings. The van der Waals surface area contributed by atoms with Gasteiger partial charge in [-0.3, -0.25) is 4.79 Å². The minimum absolute atomic E-state index is 0.0449. The van der Waals surface area contributed by atoms with Crippen LogP contribution in [-0.4, -0.2) is 22.6 Å². The number of halogens is 1. The zero-order valence-corrected chi connectivity index (χ0v) is 14.4. The van der Waals surface area contributed by atoms with E-state index >= 15 is 0 Å². The number of nitrogens with one attached hydrogen (secondary N) is 1. The lowest BCUT2D eigenvalue weighted by Gasteiger charge is -2.07. The van der Waals surface area contributed by atoms with E-state index in [4.69, 9.17) is 5.11 Å². The van der Waals surface area contributed by atoms with E-state index < -0.39 is 0 Å². The lowest BCUT2D eigenvalue weighted by Crippen LogP contribution is -2.15. The number of carbonyl (C=O) groups excluding carboxylic acids is 1. The summed E-state index contributed by atoms with van der Waals surface area (Å²) in [4.78, 5) is 16.6. The van der Waals surface area contributed by atoms with Crippen molar-refractivity contribution in [2.24, 2.45) is 11.8 Å². The van der Waals surface area contributed by atoms with E-state index in [0.717, 1.165) is 27.8 Å². The number of fused-ring (bicyclic) bond motifs is 1. The highest BCUT2D eigenvalue weighted by Gasteiger charge is 2.42. The summed E-state index contributed by atoms with van der Waals surface area (Å²) in [7, 11) is 0. The Bertz CT molecular complexity index is 949. The van der Waals surface area contributed by atoms with Crippen LogP contribution in [-0.2, 0) is 4.79 Å². The molecule has 2 aromatic carbocycles. The smallest absolute Gasteiger partial charge is 0.229 e. The van der Waals surface area contributed by atoms with Gasteiger partial charge in [0.25, 0.3) is 0 Å². The van der Waals surface area contributed by atoms with E-state index in [0.29, 0.717) is 10.7 Å². The van der Waals surface area contributed by atoms with Gasteiger partial charge >= 0.3 is 0 Å². The topological polar surface area (TPSA) is 62.2 Å². The fourth-order valence-corrected chi connectivity index (χ4v) is 3.95. The fraction of sp³-hybridized carbons (Fsp3) is 0.263. The van der Waals surface area contributed by atoms with Gasteiger partial charge in [0.15, 0.2) is 5.13 Å². The standard InChI is InChI=1S/C19H17FN2O2S/c1-10-3-2-4-14(20)17(10)11-5-6-16-15(8-11)21-19(25-16)22-18(24)13-7-12(13)9-23/h2-6,8,12-13,23H,7,9H2,1H3,(H,21,22,24)/t12?,13-/m0/s1. The molecule has 1 aliphatic carbocycles. The average molecular weight is 356 g/mol. The highest BCUT2D eigenvalue weighted by Crippen LogP contribution is 2.39. The normalized spacial score (nSPS) is 19.2. The van der Waals surface area contributed by atoms with Gasteiger partial charge in [0, 0.05) is 18.1 Å². The lowest BCUT2D eigenvalue weighted by atomic mass is 10.00. The van der Waals surface area contributed by atoms with Gasteiger partial charge < -0.3 is 10.4 Å². The Morgan fingerprint density at radius 3 is 2.96 bits per heavy atom. The maximum absolute atomic E-state index is 14.2. The first-order valence-electron chi connectivity index (χ1n) is 8.14. The summed E-state index contributed by atoms with van der Waals surface area (Å²) in [6, 6.07) is 10.6. The summed E-state index contributed by atoms with van der Waals surface area (Å²) in [5, 5.41) is 12.4. The SMILES string of the molecule is Cc1cccc(F)c1-c1ccc2sc(NC(=O)[C@H]3CC3CO)nc2c1. The van der Waals surface area contributed by atoms with Crippen LogP contribution in [0.3, 0.4) is 0 Å². The first kappa shape index (κ1) is 16.2. The summed E-state index contributed by atoms with van der Waals surface area (Å²) in [6.07, 6.45) is 0.726. The maximum Gasteiger partial charge on any atom is 0.229 e. The Morgan fingerprint density at radius 1 is 1.40 bits per heavy atom. The number of carbonyl (C=O) groups is 1. The predicted octanol–water partition coefficient (Wildman–Crippen LogP) is 3.98. The van der Waals surface area contributed by atoms with Crippen LogP contribution in [0.15, 0.2) is 36.4 Å². The molecule has 1 aliphatic rings. The Balaban J connectivity index is 1.63. The third-order valence-corrected chi connectivity index (χ3v) is 5.57. The third-order valence-electron chi connectivity index (χ3n) is 4.62. The van der Waals surface area contributed by atoms with Gasteiger partial charge in [-0.15, -0.1) is 0 Å². The molecule has 3 aromatic rings. The number of aliphatic hydroxyl groups excluding tert-OH is 1. The van der Waals surface area contributed by atoms with Crippen molar-refractivity contribution in [3.05, 3.63) is 47.8 Å². The highest BCUT2D eigenvalue weighted by molar-refractivity contribution is 7.22. The minimum atomic E-state index is -0.258. The largest absolute Gasteiger partial charge is 0.396 e. The van der Waals surface area contributed by atoms with Crippen LogP contribution in [0.25, 0.3) is 21.3 Å². The Kier molecular flexibility index (Phi) is 4.01. The summed E-state index contributed by atoms with van der Waals surface area (Å²) in [6.45, 7) is 1.92. The number of benzene rings is 2. The van der Waals surface area contributed by atoms with Gasteiger partial charge in [-0.2, -0.15) is 0 Å². The molecule has 0 aliphatic heterocycles. The van der Waals surface area contributed by atoms with Gasteiger partial charge in [0.2, 0.25) is 5.91 Å². The summed E-state index contributed by atoms with van der Waals surface area (Å²) in [5.74, 6) is -0.395. The molecule has 128 valence electrons. The number of amides is 1. The summed E-state index contributed by atoms with van der Waals surface area (Å²) in [5.41, 5.74) is 2.95. The zero-order valence-electron chi connectivity index (χ0n) is 13.6. The molecule has 6 heteroatoms. The van der Waals surface area contributed by atoms with Crippen LogP contribution >= 0.6 is 11.3 Å². The average Bonchev–Trinajstić information content (AvgIpc) is 3.27. The molecular formula is C19H17FN2O2S. The number of hydrogen-bond acceptors (Lipinski definition) is 4. The molecule has 1 unspecified atom stereocenters. The number of aromatic nitrogens is 1. The Morgan fingerprint density at radius 2 is 2.24 bits per heavy atom. The van der Waals surface area contributed by atoms with Crippen molar-refractivity contribution < 1.29 is 14.3 Å². The molecule has 0 saturated heterocycles. The Hall–Kier alpha value is -2.31. The first-order chi connectivity index (χ1) is 12.1. The van der Waals surface area contributed by atoms with E-state index in [1.165, 1.54) is 17.4 Å². The molecule has 1 heterocycles. The molecular weight excluding hydrogens is 339 g/mol. The molecule has 0 spiro atoms. The van der Waals surface area contributed by atoms with Gasteiger partial charge in [0.05, 0.1) is 10.2 Å². The number of aryl methyl sites for hydroxylation is 1. The molecule has 1 saturated carbocycles. The second-order valence-corrected chi connectivity index (χ2v) is 7.44. The number of anilines is 1. The Labute approximate surface area is 148 Å². The van der Waals surface area contributed by atoms with Gasteiger partial charge in [-0.05, 0) is 48.6 Å². The van der Waals surface area contributed by atoms with Crippen LogP contribution in [0.2, 0.25) is 0 Å². The van der Waals surface area contributed by atoms with Crippen molar-refractivity contribution in [2.45, 2.75) is 13.3 Å². The molecule has 0 radical (unpaired) electrons. The fourth-order valence-electron chi connectivity index (χ4n) is 3.10. The summed E-state index contributed by atoms with van der Waals surface area (Å²) >= 11 is 1.39. The predicted molar refractivity (Wildman–Crippen MR) is 97.1 cm³/mol. The maximum atomic E-state index is 14.2. The lowest BCUT2D eigenvalue weighted by molar-refractivity contribution is -0.117. The minimum Gasteiger partial charge on any atom is -0.396 e. The van der Waals surface area contributed by atoms with Crippen LogP contribution in [0.1, 0.15) is 12.0 Å². The number of rotatable bonds is 4. The van der Waals surface area contributed by atoms with Crippen LogP contribution in [0.4, 0.5) is 9.52 Å². The van der Waals surface area contributed by atoms with Crippen molar-refractivity contribution in [3.63, 3.8) is 0 Å². The molecule has 1 aromatic heterocycles. The van der Waals surface area contributed by atoms with Crippen molar-refractivity contribution in [3.8, 4) is 11.1 Å². The molecule has 2 N–H and O–H groups in total. The van der Waals surface area contributed by atoms with Crippen molar-refractivity contribution in [2.75, 3.05) is 11.9 Å². The molecule has 0 bridgehead atoms. The number of aliphatic hydroxyl groups is 1. The number of nitrogens with zero attached hydrogens (tertiary/aromatic N) is 1. The number of hydrogen-bond donors (Lipinski definition) is 2. The summed E-state index contributed by atoms with van der Waals surface area (Å²) < 4.78 is 15.1. The highest BCUT2D eigenvalue weighted by atomic mass is 32.1. The van der Waals surface area contributed by atoms with E-state index in [1.54, 1.807) is 6.07 Å². The second kappa shape index (κ2) is 6.20. The second-order valence-electron chi connectivity index (χ2n) is 6.41. The van der Waals surface area contributed by atoms with E-state index in [9.17, 15) is 9.18 Å². The molecule has 1 amide bonds. The van der Waals surface area contributed by atoms with Crippen molar-refractivity contribution >= 4 is 32.6 Å². The van der Waals surface area contributed by atoms with Gasteiger partial charge in [-0.1, -0.05) is 29.5 Å². The van der Waals surface area contributed by atoms with Crippen molar-refractivity contribution in [1.82, 2.24) is 4.98 Å². The quantitative estimate of drug-likeness (QED) is 0.743. The third kappa shape index (κ3) is 3.03. The first-order valence-corrected chi connectivity index (χ1v) is 8.96. The molecule has 25 heavy (non-hydrogen) atoms. The molecule has 2 atom stereocenters. The van der Waals surface area contributed by atoms with E-state index in [1.807, 2.05) is 31.2 Å². The van der Waals surface area contributed by atoms with Crippen LogP contribution < -0.4 is 5.32 Å². The van der Waals surface area contributed by atoms with E-state index in [2.05, 4.69) is 10.3 Å². The zero-order chi connectivity index (χ0) is 17.6.